The van der Waals surface area contributed by atoms with Crippen molar-refractivity contribution in [3.63, 3.8) is 0 Å². The van der Waals surface area contributed by atoms with Crippen molar-refractivity contribution < 1.29 is 9.90 Å². The molecule has 1 atom stereocenters. The van der Waals surface area contributed by atoms with Gasteiger partial charge >= 0.3 is 5.97 Å². The second kappa shape index (κ2) is 5.50. The normalized spacial score (nSPS) is 14.2. The number of aliphatic carboxylic acids is 1. The van der Waals surface area contributed by atoms with Gasteiger partial charge in [-0.1, -0.05) is 20.8 Å². The van der Waals surface area contributed by atoms with E-state index in [0.29, 0.717) is 11.2 Å². The molecule has 0 rings (SSSR count). The summed E-state index contributed by atoms with van der Waals surface area (Å²) in [5.74, 6) is 0.568. The van der Waals surface area contributed by atoms with Gasteiger partial charge in [-0.15, -0.1) is 0 Å². The number of hydrogen-bond donors (Lipinski definition) is 2. The zero-order valence-electron chi connectivity index (χ0n) is 8.54. The van der Waals surface area contributed by atoms with E-state index < -0.39 is 12.0 Å². The second-order valence-corrected chi connectivity index (χ2v) is 5.48. The minimum Gasteiger partial charge on any atom is -0.480 e. The number of carboxylic acids is 1. The van der Waals surface area contributed by atoms with E-state index in [0.717, 1.165) is 12.2 Å². The summed E-state index contributed by atoms with van der Waals surface area (Å²) < 4.78 is 0. The standard InChI is InChI=1S/C9H19NO2S/c1-9(2,3)4-5-13-6-7(10)8(11)12/h7H,4-6,10H2,1-3H3,(H,11,12). The van der Waals surface area contributed by atoms with E-state index in [1.807, 2.05) is 0 Å². The molecule has 78 valence electrons. The number of thioether (sulfide) groups is 1. The molecule has 3 nitrogen and oxygen atoms in total. The number of carboxylic acid groups (broad SMARTS) is 1. The highest BCUT2D eigenvalue weighted by atomic mass is 32.2. The third-order valence-corrected chi connectivity index (χ3v) is 2.70. The van der Waals surface area contributed by atoms with Crippen molar-refractivity contribution in [1.29, 1.82) is 0 Å². The van der Waals surface area contributed by atoms with Crippen LogP contribution < -0.4 is 5.73 Å². The maximum atomic E-state index is 10.4. The summed E-state index contributed by atoms with van der Waals surface area (Å²) in [7, 11) is 0. The van der Waals surface area contributed by atoms with Gasteiger partial charge in [-0.05, 0) is 17.6 Å². The Kier molecular flexibility index (Phi) is 5.40. The van der Waals surface area contributed by atoms with Crippen LogP contribution >= 0.6 is 11.8 Å². The van der Waals surface area contributed by atoms with E-state index in [-0.39, 0.29) is 0 Å². The molecule has 1 unspecified atom stereocenters. The average Bonchev–Trinajstić information content (AvgIpc) is 1.95. The van der Waals surface area contributed by atoms with Crippen molar-refractivity contribution in [1.82, 2.24) is 0 Å². The molecule has 3 N–H and O–H groups in total. The van der Waals surface area contributed by atoms with Crippen LogP contribution in [0.25, 0.3) is 0 Å². The minimum absolute atomic E-state index is 0.320. The van der Waals surface area contributed by atoms with Gasteiger partial charge in [0.1, 0.15) is 6.04 Å². The summed E-state index contributed by atoms with van der Waals surface area (Å²) in [4.78, 5) is 10.4. The Morgan fingerprint density at radius 1 is 1.54 bits per heavy atom. The minimum atomic E-state index is -0.914. The van der Waals surface area contributed by atoms with Crippen molar-refractivity contribution in [2.75, 3.05) is 11.5 Å². The van der Waals surface area contributed by atoms with Gasteiger partial charge in [0.15, 0.2) is 0 Å². The third-order valence-electron chi connectivity index (χ3n) is 1.61. The second-order valence-electron chi connectivity index (χ2n) is 4.33. The molecule has 0 saturated heterocycles. The molecule has 0 fully saturated rings. The fraction of sp³-hybridized carbons (Fsp3) is 0.889. The first kappa shape index (κ1) is 12.8. The predicted molar refractivity (Wildman–Crippen MR) is 57.0 cm³/mol. The molecule has 0 amide bonds. The van der Waals surface area contributed by atoms with Crippen molar-refractivity contribution in [3.05, 3.63) is 0 Å². The van der Waals surface area contributed by atoms with E-state index in [4.69, 9.17) is 10.8 Å². The number of hydrogen-bond acceptors (Lipinski definition) is 3. The van der Waals surface area contributed by atoms with E-state index in [1.165, 1.54) is 0 Å². The zero-order valence-corrected chi connectivity index (χ0v) is 9.36. The molecule has 0 aliphatic carbocycles. The maximum Gasteiger partial charge on any atom is 0.321 e. The molecule has 0 aliphatic heterocycles. The van der Waals surface area contributed by atoms with Crippen LogP contribution in [0.15, 0.2) is 0 Å². The van der Waals surface area contributed by atoms with Crippen LogP contribution in [0.4, 0.5) is 0 Å². The molecular weight excluding hydrogens is 186 g/mol. The van der Waals surface area contributed by atoms with Crippen LogP contribution in [0.2, 0.25) is 0 Å². The van der Waals surface area contributed by atoms with E-state index in [1.54, 1.807) is 11.8 Å². The van der Waals surface area contributed by atoms with Crippen LogP contribution in [0.1, 0.15) is 27.2 Å². The Morgan fingerprint density at radius 3 is 2.46 bits per heavy atom. The van der Waals surface area contributed by atoms with Gasteiger partial charge in [-0.2, -0.15) is 11.8 Å². The van der Waals surface area contributed by atoms with E-state index >= 15 is 0 Å². The summed E-state index contributed by atoms with van der Waals surface area (Å²) in [5.41, 5.74) is 5.67. The van der Waals surface area contributed by atoms with Crippen molar-refractivity contribution >= 4 is 17.7 Å². The summed E-state index contributed by atoms with van der Waals surface area (Å²) >= 11 is 1.61. The summed E-state index contributed by atoms with van der Waals surface area (Å²) in [6, 6.07) is -0.718. The maximum absolute atomic E-state index is 10.4. The highest BCUT2D eigenvalue weighted by molar-refractivity contribution is 7.99. The molecule has 0 heterocycles. The van der Waals surface area contributed by atoms with Crippen LogP contribution in [0.3, 0.4) is 0 Å². The van der Waals surface area contributed by atoms with Crippen molar-refractivity contribution in [2.24, 2.45) is 11.1 Å². The summed E-state index contributed by atoms with van der Waals surface area (Å²) in [6.07, 6.45) is 1.09. The van der Waals surface area contributed by atoms with Crippen molar-refractivity contribution in [2.45, 2.75) is 33.2 Å². The van der Waals surface area contributed by atoms with Crippen LogP contribution in [0.5, 0.6) is 0 Å². The Labute approximate surface area is 84.1 Å². The predicted octanol–water partition coefficient (Wildman–Crippen LogP) is 1.57. The first-order chi connectivity index (χ1) is 5.83. The molecule has 0 aliphatic rings. The highest BCUT2D eigenvalue weighted by Crippen LogP contribution is 2.21. The molecule has 4 heteroatoms. The number of rotatable bonds is 5. The number of carbonyl (C=O) groups is 1. The average molecular weight is 205 g/mol. The highest BCUT2D eigenvalue weighted by Gasteiger charge is 2.13. The smallest absolute Gasteiger partial charge is 0.321 e. The van der Waals surface area contributed by atoms with Crippen LogP contribution in [0, 0.1) is 5.41 Å². The Hall–Kier alpha value is -0.220. The van der Waals surface area contributed by atoms with E-state index in [2.05, 4.69) is 20.8 Å². The Morgan fingerprint density at radius 2 is 2.08 bits per heavy atom. The molecule has 0 radical (unpaired) electrons. The fourth-order valence-electron chi connectivity index (χ4n) is 0.660. The summed E-state index contributed by atoms with van der Waals surface area (Å²) in [6.45, 7) is 6.51. The van der Waals surface area contributed by atoms with E-state index in [9.17, 15) is 4.79 Å². The number of nitrogens with two attached hydrogens (primary N) is 1. The van der Waals surface area contributed by atoms with Gasteiger partial charge in [0.05, 0.1) is 0 Å². The third kappa shape index (κ3) is 8.12. The fourth-order valence-corrected chi connectivity index (χ4v) is 1.98. The SMILES string of the molecule is CC(C)(C)CCSCC(N)C(=O)O. The first-order valence-electron chi connectivity index (χ1n) is 4.39. The lowest BCUT2D eigenvalue weighted by atomic mass is 9.94. The van der Waals surface area contributed by atoms with Crippen LogP contribution in [-0.2, 0) is 4.79 Å². The lowest BCUT2D eigenvalue weighted by Gasteiger charge is -2.17. The van der Waals surface area contributed by atoms with Gasteiger partial charge in [0.2, 0.25) is 0 Å². The van der Waals surface area contributed by atoms with Gasteiger partial charge in [-0.3, -0.25) is 4.79 Å². The summed E-state index contributed by atoms with van der Waals surface area (Å²) in [5, 5.41) is 8.50. The van der Waals surface area contributed by atoms with Gasteiger partial charge in [0.25, 0.3) is 0 Å². The largest absolute Gasteiger partial charge is 0.480 e. The molecule has 0 bridgehead atoms. The van der Waals surface area contributed by atoms with Crippen LogP contribution in [-0.4, -0.2) is 28.6 Å². The van der Waals surface area contributed by atoms with Crippen molar-refractivity contribution in [3.8, 4) is 0 Å². The van der Waals surface area contributed by atoms with Gasteiger partial charge in [0, 0.05) is 5.75 Å². The Bertz CT molecular complexity index is 165. The first-order valence-corrected chi connectivity index (χ1v) is 5.54. The quantitative estimate of drug-likeness (QED) is 0.669. The zero-order chi connectivity index (χ0) is 10.5. The topological polar surface area (TPSA) is 63.3 Å². The molecule has 0 aromatic heterocycles. The lowest BCUT2D eigenvalue weighted by molar-refractivity contribution is -0.137. The molecular formula is C9H19NO2S. The monoisotopic (exact) mass is 205 g/mol. The molecule has 0 aromatic rings. The molecule has 0 saturated carbocycles. The molecule has 13 heavy (non-hydrogen) atoms. The molecule has 0 aromatic carbocycles. The van der Waals surface area contributed by atoms with Gasteiger partial charge < -0.3 is 10.8 Å². The lowest BCUT2D eigenvalue weighted by Crippen LogP contribution is -2.32. The molecule has 0 spiro atoms. The van der Waals surface area contributed by atoms with Gasteiger partial charge in [-0.25, -0.2) is 0 Å². The Balaban J connectivity index is 3.41.